The third kappa shape index (κ3) is 3.82. The van der Waals surface area contributed by atoms with E-state index in [1.807, 2.05) is 6.92 Å². The van der Waals surface area contributed by atoms with E-state index in [4.69, 9.17) is 21.1 Å². The van der Waals surface area contributed by atoms with Crippen molar-refractivity contribution in [3.63, 3.8) is 0 Å². The van der Waals surface area contributed by atoms with Crippen LogP contribution < -0.4 is 14.8 Å². The summed E-state index contributed by atoms with van der Waals surface area (Å²) in [5.74, 6) is 0.468. The molecule has 0 aliphatic carbocycles. The zero-order valence-electron chi connectivity index (χ0n) is 15.9. The molecule has 1 heterocycles. The standard InChI is InChI=1S/C21H21ClN2O4/c1-4-11-28-15-8-5-13(6-9-15)18-19(21(26)24(2)20(18)25)23-14-7-10-17(27-3)16(22)12-14/h5-10,12,23H,4,11H2,1-3H3. The average Bonchev–Trinajstić information content (AvgIpc) is 2.91. The first-order valence-electron chi connectivity index (χ1n) is 8.86. The number of amides is 2. The molecule has 0 unspecified atom stereocenters. The second kappa shape index (κ2) is 8.35. The quantitative estimate of drug-likeness (QED) is 0.712. The van der Waals surface area contributed by atoms with Gasteiger partial charge in [-0.25, -0.2) is 0 Å². The van der Waals surface area contributed by atoms with E-state index in [2.05, 4.69) is 5.32 Å². The number of rotatable bonds is 7. The van der Waals surface area contributed by atoms with Crippen LogP contribution in [-0.4, -0.2) is 37.5 Å². The number of likely N-dealkylation sites (N-methyl/N-ethyl adjacent to an activating group) is 1. The highest BCUT2D eigenvalue weighted by Gasteiger charge is 2.36. The second-order valence-corrected chi connectivity index (χ2v) is 6.67. The maximum absolute atomic E-state index is 12.7. The summed E-state index contributed by atoms with van der Waals surface area (Å²) < 4.78 is 10.7. The molecule has 0 saturated carbocycles. The van der Waals surface area contributed by atoms with Gasteiger partial charge in [0.25, 0.3) is 11.8 Å². The van der Waals surface area contributed by atoms with Crippen LogP contribution in [0.2, 0.25) is 5.02 Å². The number of nitrogens with one attached hydrogen (secondary N) is 1. The number of hydrogen-bond acceptors (Lipinski definition) is 5. The summed E-state index contributed by atoms with van der Waals surface area (Å²) in [5.41, 5.74) is 1.73. The van der Waals surface area contributed by atoms with Gasteiger partial charge < -0.3 is 14.8 Å². The highest BCUT2D eigenvalue weighted by atomic mass is 35.5. The fourth-order valence-corrected chi connectivity index (χ4v) is 3.11. The first-order chi connectivity index (χ1) is 13.5. The van der Waals surface area contributed by atoms with Crippen LogP contribution in [0.4, 0.5) is 5.69 Å². The van der Waals surface area contributed by atoms with Gasteiger partial charge in [0, 0.05) is 12.7 Å². The van der Waals surface area contributed by atoms with E-state index in [9.17, 15) is 9.59 Å². The van der Waals surface area contributed by atoms with E-state index in [1.165, 1.54) is 14.2 Å². The van der Waals surface area contributed by atoms with Gasteiger partial charge in [-0.05, 0) is 42.3 Å². The van der Waals surface area contributed by atoms with Crippen molar-refractivity contribution < 1.29 is 19.1 Å². The first-order valence-corrected chi connectivity index (χ1v) is 9.24. The summed E-state index contributed by atoms with van der Waals surface area (Å²) in [4.78, 5) is 26.4. The number of benzene rings is 2. The lowest BCUT2D eigenvalue weighted by Crippen LogP contribution is -2.27. The summed E-state index contributed by atoms with van der Waals surface area (Å²) in [6.45, 7) is 2.65. The molecule has 0 atom stereocenters. The largest absolute Gasteiger partial charge is 0.495 e. The summed E-state index contributed by atoms with van der Waals surface area (Å²) in [6, 6.07) is 12.2. The van der Waals surface area contributed by atoms with E-state index < -0.39 is 5.91 Å². The number of ether oxygens (including phenoxy) is 2. The second-order valence-electron chi connectivity index (χ2n) is 6.27. The number of hydrogen-bond donors (Lipinski definition) is 1. The van der Waals surface area contributed by atoms with Crippen molar-refractivity contribution in [3.8, 4) is 11.5 Å². The maximum atomic E-state index is 12.7. The van der Waals surface area contributed by atoms with E-state index in [0.29, 0.717) is 40.0 Å². The number of carbonyl (C=O) groups excluding carboxylic acids is 2. The minimum Gasteiger partial charge on any atom is -0.495 e. The van der Waals surface area contributed by atoms with Crippen molar-refractivity contribution >= 4 is 34.7 Å². The molecule has 0 bridgehead atoms. The molecule has 0 saturated heterocycles. The van der Waals surface area contributed by atoms with Gasteiger partial charge in [0.05, 0.1) is 24.3 Å². The topological polar surface area (TPSA) is 67.9 Å². The predicted molar refractivity (Wildman–Crippen MR) is 109 cm³/mol. The Morgan fingerprint density at radius 1 is 1.07 bits per heavy atom. The van der Waals surface area contributed by atoms with Crippen molar-refractivity contribution in [1.82, 2.24) is 4.90 Å². The molecule has 1 aliphatic heterocycles. The Kier molecular flexibility index (Phi) is 5.90. The lowest BCUT2D eigenvalue weighted by molar-refractivity contribution is -0.135. The zero-order chi connectivity index (χ0) is 20.3. The van der Waals surface area contributed by atoms with Crippen LogP contribution in [0.1, 0.15) is 18.9 Å². The fraction of sp³-hybridized carbons (Fsp3) is 0.238. The third-order valence-electron chi connectivity index (χ3n) is 4.32. The molecule has 1 N–H and O–H groups in total. The van der Waals surface area contributed by atoms with Crippen molar-refractivity contribution in [1.29, 1.82) is 0 Å². The van der Waals surface area contributed by atoms with Crippen molar-refractivity contribution in [2.45, 2.75) is 13.3 Å². The normalized spacial score (nSPS) is 13.9. The maximum Gasteiger partial charge on any atom is 0.277 e. The summed E-state index contributed by atoms with van der Waals surface area (Å²) in [6.07, 6.45) is 0.906. The Morgan fingerprint density at radius 3 is 2.39 bits per heavy atom. The molecule has 0 fully saturated rings. The lowest BCUT2D eigenvalue weighted by Gasteiger charge is -2.11. The average molecular weight is 401 g/mol. The van der Waals surface area contributed by atoms with Crippen molar-refractivity contribution in [2.24, 2.45) is 0 Å². The van der Waals surface area contributed by atoms with Crippen LogP contribution in [0, 0.1) is 0 Å². The highest BCUT2D eigenvalue weighted by Crippen LogP contribution is 2.33. The van der Waals surface area contributed by atoms with Crippen LogP contribution in [0.3, 0.4) is 0 Å². The van der Waals surface area contributed by atoms with Gasteiger partial charge >= 0.3 is 0 Å². The molecule has 6 nitrogen and oxygen atoms in total. The van der Waals surface area contributed by atoms with Gasteiger partial charge in [-0.15, -0.1) is 0 Å². The molecule has 0 spiro atoms. The van der Waals surface area contributed by atoms with E-state index in [-0.39, 0.29) is 11.6 Å². The number of methoxy groups -OCH3 is 1. The Balaban J connectivity index is 1.96. The molecule has 7 heteroatoms. The molecule has 28 heavy (non-hydrogen) atoms. The van der Waals surface area contributed by atoms with Crippen LogP contribution in [0.25, 0.3) is 5.57 Å². The molecule has 2 aromatic carbocycles. The molecular formula is C21H21ClN2O4. The van der Waals surface area contributed by atoms with E-state index in [1.54, 1.807) is 42.5 Å². The van der Waals surface area contributed by atoms with Gasteiger partial charge in [-0.2, -0.15) is 0 Å². The minimum absolute atomic E-state index is 0.205. The molecule has 0 aromatic heterocycles. The molecule has 3 rings (SSSR count). The number of imide groups is 1. The number of nitrogens with zero attached hydrogens (tertiary/aromatic N) is 1. The first kappa shape index (κ1) is 19.8. The summed E-state index contributed by atoms with van der Waals surface area (Å²) in [5, 5.41) is 3.44. The predicted octanol–water partition coefficient (Wildman–Crippen LogP) is 3.96. The van der Waals surface area contributed by atoms with Gasteiger partial charge in [0.15, 0.2) is 0 Å². The molecule has 146 valence electrons. The highest BCUT2D eigenvalue weighted by molar-refractivity contribution is 6.36. The van der Waals surface area contributed by atoms with Crippen molar-refractivity contribution in [2.75, 3.05) is 26.1 Å². The monoisotopic (exact) mass is 400 g/mol. The van der Waals surface area contributed by atoms with Crippen LogP contribution in [0.15, 0.2) is 48.2 Å². The van der Waals surface area contributed by atoms with E-state index >= 15 is 0 Å². The molecule has 0 radical (unpaired) electrons. The summed E-state index contributed by atoms with van der Waals surface area (Å²) in [7, 11) is 2.98. The van der Waals surface area contributed by atoms with Gasteiger partial charge in [-0.1, -0.05) is 30.7 Å². The molecule has 2 amide bonds. The van der Waals surface area contributed by atoms with Gasteiger partial charge in [0.2, 0.25) is 0 Å². The molecule has 2 aromatic rings. The zero-order valence-corrected chi connectivity index (χ0v) is 16.7. The number of halogens is 1. The molecular weight excluding hydrogens is 380 g/mol. The molecule has 1 aliphatic rings. The fourth-order valence-electron chi connectivity index (χ4n) is 2.85. The Morgan fingerprint density at radius 2 is 1.79 bits per heavy atom. The van der Waals surface area contributed by atoms with Crippen LogP contribution in [-0.2, 0) is 9.59 Å². The lowest BCUT2D eigenvalue weighted by atomic mass is 10.0. The minimum atomic E-state index is -0.404. The smallest absolute Gasteiger partial charge is 0.277 e. The SMILES string of the molecule is CCCOc1ccc(C2=C(Nc3ccc(OC)c(Cl)c3)C(=O)N(C)C2=O)cc1. The van der Waals surface area contributed by atoms with E-state index in [0.717, 1.165) is 11.3 Å². The number of anilines is 1. The third-order valence-corrected chi connectivity index (χ3v) is 4.62. The summed E-state index contributed by atoms with van der Waals surface area (Å²) >= 11 is 6.16. The van der Waals surface area contributed by atoms with Gasteiger partial charge in [0.1, 0.15) is 17.2 Å². The number of carbonyl (C=O) groups is 2. The Bertz CT molecular complexity index is 938. The van der Waals surface area contributed by atoms with Gasteiger partial charge in [-0.3, -0.25) is 14.5 Å². The van der Waals surface area contributed by atoms with Crippen LogP contribution in [0.5, 0.6) is 11.5 Å². The Labute approximate surface area is 168 Å². The van der Waals surface area contributed by atoms with Crippen molar-refractivity contribution in [3.05, 3.63) is 58.7 Å². The van der Waals surface area contributed by atoms with Crippen LogP contribution >= 0.6 is 11.6 Å². The Hall–Kier alpha value is -2.99.